The molecule has 2 aromatic heterocycles. The van der Waals surface area contributed by atoms with E-state index in [1.165, 1.54) is 17.8 Å². The van der Waals surface area contributed by atoms with Crippen molar-refractivity contribution in [1.82, 2.24) is 14.8 Å². The number of hydrogen-bond acceptors (Lipinski definition) is 8. The fourth-order valence-electron chi connectivity index (χ4n) is 4.58. The van der Waals surface area contributed by atoms with Gasteiger partial charge >= 0.3 is 0 Å². The van der Waals surface area contributed by atoms with Crippen LogP contribution in [0.15, 0.2) is 30.5 Å². The summed E-state index contributed by atoms with van der Waals surface area (Å²) in [6, 6.07) is 6.80. The Bertz CT molecular complexity index is 1570. The Kier molecular flexibility index (Phi) is 8.56. The third kappa shape index (κ3) is 7.00. The molecule has 3 unspecified atom stereocenters. The van der Waals surface area contributed by atoms with Gasteiger partial charge in [0.2, 0.25) is 5.91 Å². The Hall–Kier alpha value is -3.44. The second-order valence-electron chi connectivity index (χ2n) is 10.0. The van der Waals surface area contributed by atoms with Crippen molar-refractivity contribution in [2.45, 2.75) is 37.5 Å². The molecule has 1 amide bonds. The number of sulfone groups is 1. The number of hydrogen-bond donors (Lipinski definition) is 2. The standard InChI is InChI=1S/C26H28BFN5O5PS/c1-26(28,39)14-38-22-8-17-5-4-16(18(17)9-20(22)27)7-21-19(12-34)25(31-24(35)13-40(2,36)37)33(32-21)23-6-3-15(10-29)11-30-23/h3,6,8-12,16,29H,4-5,7,13-14,39H2,1-2H3,(H,31,35). The van der Waals surface area contributed by atoms with Crippen LogP contribution in [0.1, 0.15) is 52.0 Å². The molecule has 2 N–H and O–H groups in total. The van der Waals surface area contributed by atoms with Crippen LogP contribution >= 0.6 is 9.24 Å². The maximum Gasteiger partial charge on any atom is 0.240 e. The molecule has 2 radical (unpaired) electrons. The number of nitrogens with one attached hydrogen (secondary N) is 2. The second-order valence-corrected chi connectivity index (χ2v) is 13.4. The number of pyridine rings is 1. The predicted octanol–water partition coefficient (Wildman–Crippen LogP) is 2.07. The summed E-state index contributed by atoms with van der Waals surface area (Å²) in [6.07, 6.45) is 5.83. The molecule has 3 aromatic rings. The Morgan fingerprint density at radius 3 is 2.75 bits per heavy atom. The van der Waals surface area contributed by atoms with Gasteiger partial charge in [0.25, 0.3) is 0 Å². The van der Waals surface area contributed by atoms with Gasteiger partial charge in [-0.3, -0.25) is 9.59 Å². The molecular weight excluding hydrogens is 555 g/mol. The molecule has 208 valence electrons. The molecule has 0 fully saturated rings. The van der Waals surface area contributed by atoms with Crippen molar-refractivity contribution in [1.29, 1.82) is 5.41 Å². The number of carbonyl (C=O) groups excluding carboxylic acids is 2. The largest absolute Gasteiger partial charge is 0.491 e. The van der Waals surface area contributed by atoms with E-state index in [2.05, 4.69) is 24.6 Å². The van der Waals surface area contributed by atoms with Gasteiger partial charge in [-0.2, -0.15) is 9.78 Å². The van der Waals surface area contributed by atoms with Crippen LogP contribution in [0.3, 0.4) is 0 Å². The van der Waals surface area contributed by atoms with Gasteiger partial charge in [-0.25, -0.2) is 17.8 Å². The highest BCUT2D eigenvalue weighted by Gasteiger charge is 2.29. The molecule has 14 heteroatoms. The molecule has 10 nitrogen and oxygen atoms in total. The molecule has 40 heavy (non-hydrogen) atoms. The van der Waals surface area contributed by atoms with E-state index in [1.807, 2.05) is 6.07 Å². The van der Waals surface area contributed by atoms with E-state index in [-0.39, 0.29) is 29.7 Å². The average molecular weight is 583 g/mol. The zero-order valence-electron chi connectivity index (χ0n) is 22.0. The highest BCUT2D eigenvalue weighted by atomic mass is 32.2. The van der Waals surface area contributed by atoms with Gasteiger partial charge in [-0.05, 0) is 61.4 Å². The number of rotatable bonds is 11. The first-order valence-corrected chi connectivity index (χ1v) is 15.0. The Morgan fingerprint density at radius 2 is 2.15 bits per heavy atom. The second kappa shape index (κ2) is 11.6. The number of ether oxygens (including phenoxy) is 1. The molecule has 1 aliphatic rings. The number of halogens is 1. The maximum absolute atomic E-state index is 13.9. The zero-order valence-corrected chi connectivity index (χ0v) is 23.9. The molecule has 4 rings (SSSR count). The molecule has 1 aliphatic carbocycles. The minimum atomic E-state index is -3.63. The fourth-order valence-corrected chi connectivity index (χ4v) is 5.21. The van der Waals surface area contributed by atoms with Crippen molar-refractivity contribution in [2.24, 2.45) is 0 Å². The summed E-state index contributed by atoms with van der Waals surface area (Å²) < 4.78 is 44.1. The first-order valence-electron chi connectivity index (χ1n) is 12.3. The van der Waals surface area contributed by atoms with Crippen molar-refractivity contribution < 1.29 is 27.1 Å². The van der Waals surface area contributed by atoms with Crippen molar-refractivity contribution in [3.63, 3.8) is 0 Å². The molecule has 1 aromatic carbocycles. The van der Waals surface area contributed by atoms with Crippen LogP contribution in [0, 0.1) is 5.41 Å². The first kappa shape index (κ1) is 29.5. The Morgan fingerprint density at radius 1 is 1.40 bits per heavy atom. The van der Waals surface area contributed by atoms with Crippen molar-refractivity contribution >= 4 is 56.6 Å². The Labute approximate surface area is 235 Å². The van der Waals surface area contributed by atoms with Crippen LogP contribution in [0.25, 0.3) is 5.82 Å². The lowest BCUT2D eigenvalue weighted by molar-refractivity contribution is -0.113. The Balaban J connectivity index is 1.69. The number of carbonyl (C=O) groups is 2. The van der Waals surface area contributed by atoms with Gasteiger partial charge in [-0.15, -0.1) is 0 Å². The van der Waals surface area contributed by atoms with Crippen LogP contribution in [-0.4, -0.2) is 73.5 Å². The normalized spacial score (nSPS) is 16.1. The number of nitrogens with zero attached hydrogens (tertiary/aromatic N) is 3. The maximum atomic E-state index is 13.9. The molecule has 0 aliphatic heterocycles. The lowest BCUT2D eigenvalue weighted by atomic mass is 9.87. The highest BCUT2D eigenvalue weighted by molar-refractivity contribution is 7.91. The molecule has 3 atom stereocenters. The summed E-state index contributed by atoms with van der Waals surface area (Å²) in [5.74, 6) is -0.989. The topological polar surface area (TPSA) is 144 Å². The molecule has 0 saturated carbocycles. The van der Waals surface area contributed by atoms with E-state index in [0.29, 0.717) is 41.6 Å². The molecule has 0 bridgehead atoms. The smallest absolute Gasteiger partial charge is 0.240 e. The van der Waals surface area contributed by atoms with Crippen LogP contribution in [0.5, 0.6) is 5.75 Å². The van der Waals surface area contributed by atoms with E-state index in [0.717, 1.165) is 30.0 Å². The summed E-state index contributed by atoms with van der Waals surface area (Å²) in [7, 11) is 4.67. The van der Waals surface area contributed by atoms with E-state index in [1.54, 1.807) is 18.2 Å². The van der Waals surface area contributed by atoms with Crippen molar-refractivity contribution in [3.8, 4) is 11.6 Å². The van der Waals surface area contributed by atoms with Crippen LogP contribution < -0.4 is 15.5 Å². The number of alkyl halides is 1. The van der Waals surface area contributed by atoms with Gasteiger partial charge in [-0.1, -0.05) is 20.8 Å². The van der Waals surface area contributed by atoms with E-state index in [9.17, 15) is 22.4 Å². The minimum Gasteiger partial charge on any atom is -0.491 e. The van der Waals surface area contributed by atoms with Crippen LogP contribution in [0.2, 0.25) is 0 Å². The number of benzene rings is 1. The van der Waals surface area contributed by atoms with Gasteiger partial charge in [0.15, 0.2) is 27.4 Å². The van der Waals surface area contributed by atoms with Crippen molar-refractivity contribution in [3.05, 3.63) is 58.4 Å². The highest BCUT2D eigenvalue weighted by Crippen LogP contribution is 2.38. The van der Waals surface area contributed by atoms with Gasteiger partial charge in [0.05, 0.1) is 11.3 Å². The van der Waals surface area contributed by atoms with E-state index >= 15 is 0 Å². The lowest BCUT2D eigenvalue weighted by Gasteiger charge is -2.18. The molecule has 2 heterocycles. The fraction of sp³-hybridized carbons (Fsp3) is 0.346. The summed E-state index contributed by atoms with van der Waals surface area (Å²) in [6.45, 7) is 1.21. The summed E-state index contributed by atoms with van der Waals surface area (Å²) >= 11 is 0. The average Bonchev–Trinajstić information content (AvgIpc) is 3.41. The third-order valence-corrected chi connectivity index (χ3v) is 7.30. The monoisotopic (exact) mass is 583 g/mol. The molecule has 0 spiro atoms. The number of fused-ring (bicyclic) bond motifs is 1. The number of aryl methyl sites for hydroxylation is 1. The zero-order chi connectivity index (χ0) is 29.2. The number of aromatic nitrogens is 3. The van der Waals surface area contributed by atoms with Gasteiger partial charge in [0, 0.05) is 24.2 Å². The summed E-state index contributed by atoms with van der Waals surface area (Å²) in [4.78, 5) is 29.1. The number of anilines is 1. The lowest BCUT2D eigenvalue weighted by Crippen LogP contribution is -2.24. The number of aldehydes is 1. The van der Waals surface area contributed by atoms with Gasteiger partial charge < -0.3 is 15.5 Å². The molecular formula is C26H28BFN5O5PS. The van der Waals surface area contributed by atoms with E-state index in [4.69, 9.17) is 18.0 Å². The van der Waals surface area contributed by atoms with Crippen molar-refractivity contribution in [2.75, 3.05) is 23.9 Å². The van der Waals surface area contributed by atoms with Gasteiger partial charge in [0.1, 0.15) is 31.8 Å². The van der Waals surface area contributed by atoms with Crippen LogP contribution in [-0.2, 0) is 27.5 Å². The quantitative estimate of drug-likeness (QED) is 0.152. The predicted molar refractivity (Wildman–Crippen MR) is 154 cm³/mol. The minimum absolute atomic E-state index is 0.00180. The van der Waals surface area contributed by atoms with Crippen LogP contribution in [0.4, 0.5) is 10.2 Å². The van der Waals surface area contributed by atoms with E-state index < -0.39 is 26.9 Å². The molecule has 0 saturated heterocycles. The number of amides is 1. The summed E-state index contributed by atoms with van der Waals surface area (Å²) in [5.41, 5.74) is 3.34. The SMILES string of the molecule is [B]c1cc2c(cc1OCC(C)(F)P)CCC2Cc1nn(-c2ccc(C=N)cn2)c(NC(=O)CS(C)(=O)=O)c1C=O. The first-order chi connectivity index (χ1) is 18.8. The third-order valence-electron chi connectivity index (χ3n) is 6.35. The summed E-state index contributed by atoms with van der Waals surface area (Å²) in [5, 5.41) is 12.9.